The Morgan fingerprint density at radius 2 is 1.54 bits per heavy atom. The topological polar surface area (TPSA) is 58.6 Å². The molecule has 0 aliphatic carbocycles. The van der Waals surface area contributed by atoms with Crippen molar-refractivity contribution in [3.8, 4) is 0 Å². The lowest BCUT2D eigenvalue weighted by molar-refractivity contribution is -0.264. The van der Waals surface area contributed by atoms with E-state index in [4.69, 9.17) is 4.74 Å². The molecule has 1 unspecified atom stereocenters. The SMILES string of the molecule is O=C(NCC(O)(c1ccccc1)C(F)(F)F)C1(c2ccccc2)CCOCC1. The maximum Gasteiger partial charge on any atom is 0.423 e. The number of hydrogen-bond donors (Lipinski definition) is 2. The van der Waals surface area contributed by atoms with Crippen LogP contribution >= 0.6 is 0 Å². The van der Waals surface area contributed by atoms with Gasteiger partial charge in [0.2, 0.25) is 11.5 Å². The third-order valence-electron chi connectivity index (χ3n) is 5.33. The van der Waals surface area contributed by atoms with E-state index in [1.54, 1.807) is 30.3 Å². The zero-order valence-electron chi connectivity index (χ0n) is 15.2. The summed E-state index contributed by atoms with van der Waals surface area (Å²) in [5.74, 6) is -0.541. The van der Waals surface area contributed by atoms with Gasteiger partial charge in [0.1, 0.15) is 0 Å². The van der Waals surface area contributed by atoms with Crippen molar-refractivity contribution >= 4 is 5.91 Å². The van der Waals surface area contributed by atoms with Crippen LogP contribution in [0.1, 0.15) is 24.0 Å². The molecule has 4 nitrogen and oxygen atoms in total. The van der Waals surface area contributed by atoms with E-state index in [1.807, 2.05) is 6.07 Å². The Kier molecular flexibility index (Phi) is 5.76. The predicted molar refractivity (Wildman–Crippen MR) is 97.6 cm³/mol. The van der Waals surface area contributed by atoms with E-state index < -0.39 is 29.6 Å². The number of carbonyl (C=O) groups excluding carboxylic acids is 1. The minimum atomic E-state index is -4.95. The van der Waals surface area contributed by atoms with Gasteiger partial charge in [0, 0.05) is 13.2 Å². The van der Waals surface area contributed by atoms with E-state index in [0.29, 0.717) is 26.1 Å². The molecule has 0 radical (unpaired) electrons. The van der Waals surface area contributed by atoms with Crippen molar-refractivity contribution in [1.82, 2.24) is 5.32 Å². The third kappa shape index (κ3) is 3.77. The Hall–Kier alpha value is -2.38. The molecule has 2 aromatic rings. The first-order chi connectivity index (χ1) is 13.3. The molecule has 1 heterocycles. The smallest absolute Gasteiger partial charge is 0.381 e. The van der Waals surface area contributed by atoms with Crippen LogP contribution < -0.4 is 5.32 Å². The average Bonchev–Trinajstić information content (AvgIpc) is 2.72. The number of benzene rings is 2. The number of ether oxygens (including phenoxy) is 1. The summed E-state index contributed by atoms with van der Waals surface area (Å²) in [6, 6.07) is 15.7. The van der Waals surface area contributed by atoms with Crippen LogP contribution in [-0.2, 0) is 20.5 Å². The van der Waals surface area contributed by atoms with Crippen LogP contribution in [0.5, 0.6) is 0 Å². The van der Waals surface area contributed by atoms with Crippen LogP contribution in [0.25, 0.3) is 0 Å². The molecule has 0 spiro atoms. The molecular formula is C21H22F3NO3. The minimum Gasteiger partial charge on any atom is -0.381 e. The number of aliphatic hydroxyl groups is 1. The molecule has 28 heavy (non-hydrogen) atoms. The summed E-state index contributed by atoms with van der Waals surface area (Å²) in [6.07, 6.45) is -4.23. The molecule has 2 N–H and O–H groups in total. The summed E-state index contributed by atoms with van der Waals surface area (Å²) in [7, 11) is 0. The van der Waals surface area contributed by atoms with Gasteiger partial charge in [0.25, 0.3) is 0 Å². The van der Waals surface area contributed by atoms with Gasteiger partial charge in [-0.05, 0) is 24.0 Å². The van der Waals surface area contributed by atoms with E-state index in [-0.39, 0.29) is 5.56 Å². The maximum atomic E-state index is 13.7. The molecule has 1 aliphatic heterocycles. The van der Waals surface area contributed by atoms with Crippen LogP contribution in [0.4, 0.5) is 13.2 Å². The standard InChI is InChI=1S/C21H22F3NO3/c22-21(23,24)20(27,17-9-5-2-6-10-17)15-25-18(26)19(11-13-28-14-12-19)16-7-3-1-4-8-16/h1-10,27H,11-15H2,(H,25,26). The fourth-order valence-corrected chi connectivity index (χ4v) is 3.58. The van der Waals surface area contributed by atoms with E-state index in [9.17, 15) is 23.1 Å². The fraction of sp³-hybridized carbons (Fsp3) is 0.381. The molecule has 0 bridgehead atoms. The van der Waals surface area contributed by atoms with Crippen molar-refractivity contribution in [2.75, 3.05) is 19.8 Å². The second kappa shape index (κ2) is 7.93. The molecule has 7 heteroatoms. The summed E-state index contributed by atoms with van der Waals surface area (Å²) < 4.78 is 46.4. The zero-order valence-corrected chi connectivity index (χ0v) is 15.2. The molecule has 3 rings (SSSR count). The predicted octanol–water partition coefficient (Wildman–Crippen LogP) is 3.30. The Labute approximate surface area is 161 Å². The summed E-state index contributed by atoms with van der Waals surface area (Å²) in [5.41, 5.74) is -3.75. The molecule has 1 aliphatic rings. The fourth-order valence-electron chi connectivity index (χ4n) is 3.58. The van der Waals surface area contributed by atoms with Crippen LogP contribution in [0.15, 0.2) is 60.7 Å². The monoisotopic (exact) mass is 393 g/mol. The third-order valence-corrected chi connectivity index (χ3v) is 5.33. The summed E-state index contributed by atoms with van der Waals surface area (Å²) in [6.45, 7) is -0.288. The van der Waals surface area contributed by atoms with Crippen LogP contribution in [0.3, 0.4) is 0 Å². The number of carbonyl (C=O) groups is 1. The molecule has 0 aromatic heterocycles. The normalized spacial score (nSPS) is 18.9. The van der Waals surface area contributed by atoms with Gasteiger partial charge in [-0.15, -0.1) is 0 Å². The number of rotatable bonds is 5. The Balaban J connectivity index is 1.87. The minimum absolute atomic E-state index is 0.316. The zero-order chi connectivity index (χ0) is 20.3. The second-order valence-corrected chi connectivity index (χ2v) is 6.97. The number of hydrogen-bond acceptors (Lipinski definition) is 3. The molecule has 150 valence electrons. The van der Waals surface area contributed by atoms with Crippen molar-refractivity contribution in [1.29, 1.82) is 0 Å². The first kappa shape index (κ1) is 20.4. The van der Waals surface area contributed by atoms with Crippen molar-refractivity contribution in [3.63, 3.8) is 0 Å². The molecule has 2 aromatic carbocycles. The molecule has 1 saturated heterocycles. The Morgan fingerprint density at radius 3 is 2.07 bits per heavy atom. The van der Waals surface area contributed by atoms with Crippen molar-refractivity contribution in [3.05, 3.63) is 71.8 Å². The first-order valence-electron chi connectivity index (χ1n) is 9.06. The van der Waals surface area contributed by atoms with Crippen LogP contribution in [0.2, 0.25) is 0 Å². The Morgan fingerprint density at radius 1 is 1.00 bits per heavy atom. The van der Waals surface area contributed by atoms with Gasteiger partial charge < -0.3 is 15.2 Å². The summed E-state index contributed by atoms with van der Waals surface area (Å²) in [5, 5.41) is 12.8. The van der Waals surface area contributed by atoms with Crippen LogP contribution in [-0.4, -0.2) is 36.9 Å². The van der Waals surface area contributed by atoms with E-state index >= 15 is 0 Å². The summed E-state index contributed by atoms with van der Waals surface area (Å²) in [4.78, 5) is 13.1. The van der Waals surface area contributed by atoms with Gasteiger partial charge in [-0.25, -0.2) is 0 Å². The molecule has 0 saturated carbocycles. The largest absolute Gasteiger partial charge is 0.423 e. The van der Waals surface area contributed by atoms with Gasteiger partial charge in [0.15, 0.2) is 0 Å². The van der Waals surface area contributed by atoms with Gasteiger partial charge in [0.05, 0.1) is 12.0 Å². The molecule has 1 fully saturated rings. The van der Waals surface area contributed by atoms with Gasteiger partial charge in [-0.1, -0.05) is 60.7 Å². The number of halogens is 3. The van der Waals surface area contributed by atoms with E-state index in [0.717, 1.165) is 5.56 Å². The highest BCUT2D eigenvalue weighted by Crippen LogP contribution is 2.39. The molecule has 1 amide bonds. The molecular weight excluding hydrogens is 371 g/mol. The quantitative estimate of drug-likeness (QED) is 0.820. The van der Waals surface area contributed by atoms with Crippen LogP contribution in [0, 0.1) is 0 Å². The van der Waals surface area contributed by atoms with Gasteiger partial charge in [-0.2, -0.15) is 13.2 Å². The van der Waals surface area contributed by atoms with E-state index in [2.05, 4.69) is 5.32 Å². The maximum absolute atomic E-state index is 13.7. The lowest BCUT2D eigenvalue weighted by Gasteiger charge is -2.38. The van der Waals surface area contributed by atoms with E-state index in [1.165, 1.54) is 24.3 Å². The second-order valence-electron chi connectivity index (χ2n) is 6.97. The lowest BCUT2D eigenvalue weighted by Crippen LogP contribution is -2.55. The van der Waals surface area contributed by atoms with Crippen molar-refractivity contribution in [2.45, 2.75) is 30.0 Å². The number of nitrogens with one attached hydrogen (secondary N) is 1. The number of amides is 1. The summed E-state index contributed by atoms with van der Waals surface area (Å²) >= 11 is 0. The molecule has 1 atom stereocenters. The number of alkyl halides is 3. The highest BCUT2D eigenvalue weighted by molar-refractivity contribution is 5.88. The van der Waals surface area contributed by atoms with Gasteiger partial charge in [-0.3, -0.25) is 4.79 Å². The Bertz CT molecular complexity index is 790. The van der Waals surface area contributed by atoms with Crippen molar-refractivity contribution < 1.29 is 27.8 Å². The van der Waals surface area contributed by atoms with Crippen molar-refractivity contribution in [2.24, 2.45) is 0 Å². The highest BCUT2D eigenvalue weighted by atomic mass is 19.4. The average molecular weight is 393 g/mol. The van der Waals surface area contributed by atoms with Gasteiger partial charge >= 0.3 is 6.18 Å². The lowest BCUT2D eigenvalue weighted by atomic mass is 9.73. The first-order valence-corrected chi connectivity index (χ1v) is 9.06. The highest BCUT2D eigenvalue weighted by Gasteiger charge is 2.55.